The Bertz CT molecular complexity index is 290. The Balaban J connectivity index is 0.00000361. The van der Waals surface area contributed by atoms with Crippen molar-refractivity contribution >= 4 is 29.9 Å². The largest absolute Gasteiger partial charge is 0.355 e. The summed E-state index contributed by atoms with van der Waals surface area (Å²) in [4.78, 5) is 6.65. The maximum absolute atomic E-state index is 4.32. The molecule has 3 atom stereocenters. The minimum Gasteiger partial charge on any atom is -0.355 e. The third-order valence-corrected chi connectivity index (χ3v) is 4.39. The minimum absolute atomic E-state index is 0. The Hall–Kier alpha value is -0.0400. The quantitative estimate of drug-likeness (QED) is 0.395. The standard InChI is InChI=1S/C15H32N4.HI/c1-7-12(8-2)14(19(5)6)10-17-15(16-4)18-13-9-11(13)3;/h11-14H,7-10H2,1-6H3,(H2,16,17,18);1H. The van der Waals surface area contributed by atoms with Crippen LogP contribution >= 0.6 is 24.0 Å². The average molecular weight is 396 g/mol. The number of rotatable bonds is 7. The van der Waals surface area contributed by atoms with Crippen LogP contribution in [0.3, 0.4) is 0 Å². The maximum atomic E-state index is 4.32. The Morgan fingerprint density at radius 1 is 1.30 bits per heavy atom. The molecule has 3 unspecified atom stereocenters. The fourth-order valence-electron chi connectivity index (χ4n) is 2.70. The summed E-state index contributed by atoms with van der Waals surface area (Å²) in [6, 6.07) is 1.18. The van der Waals surface area contributed by atoms with Gasteiger partial charge in [-0.1, -0.05) is 33.6 Å². The summed E-state index contributed by atoms with van der Waals surface area (Å²) in [5, 5.41) is 6.97. The fourth-order valence-corrected chi connectivity index (χ4v) is 2.70. The van der Waals surface area contributed by atoms with Gasteiger partial charge in [-0.05, 0) is 32.4 Å². The zero-order valence-corrected chi connectivity index (χ0v) is 16.3. The van der Waals surface area contributed by atoms with E-state index in [1.54, 1.807) is 0 Å². The lowest BCUT2D eigenvalue weighted by atomic mass is 9.93. The summed E-state index contributed by atoms with van der Waals surface area (Å²) in [7, 11) is 6.19. The van der Waals surface area contributed by atoms with Gasteiger partial charge in [-0.25, -0.2) is 0 Å². The highest BCUT2D eigenvalue weighted by atomic mass is 127. The number of nitrogens with one attached hydrogen (secondary N) is 2. The molecule has 0 amide bonds. The van der Waals surface area contributed by atoms with E-state index in [0.717, 1.165) is 24.3 Å². The van der Waals surface area contributed by atoms with Crippen LogP contribution < -0.4 is 10.6 Å². The van der Waals surface area contributed by atoms with Crippen molar-refractivity contribution < 1.29 is 0 Å². The van der Waals surface area contributed by atoms with E-state index in [1.165, 1.54) is 19.3 Å². The Kier molecular flexibility index (Phi) is 9.80. The van der Waals surface area contributed by atoms with Crippen LogP contribution in [0.25, 0.3) is 0 Å². The highest BCUT2D eigenvalue weighted by Gasteiger charge is 2.33. The normalized spacial score (nSPS) is 23.5. The molecule has 0 heterocycles. The van der Waals surface area contributed by atoms with Crippen molar-refractivity contribution in [2.45, 2.75) is 52.1 Å². The number of likely N-dealkylation sites (N-methyl/N-ethyl adjacent to an activating group) is 1. The maximum Gasteiger partial charge on any atom is 0.191 e. The molecule has 1 aliphatic carbocycles. The molecule has 120 valence electrons. The lowest BCUT2D eigenvalue weighted by molar-refractivity contribution is 0.200. The van der Waals surface area contributed by atoms with Gasteiger partial charge in [-0.2, -0.15) is 0 Å². The van der Waals surface area contributed by atoms with Crippen LogP contribution in [0.15, 0.2) is 4.99 Å². The van der Waals surface area contributed by atoms with Gasteiger partial charge >= 0.3 is 0 Å². The number of aliphatic imine (C=N–C) groups is 1. The Labute approximate surface area is 142 Å². The van der Waals surface area contributed by atoms with E-state index in [9.17, 15) is 0 Å². The average Bonchev–Trinajstić information content (AvgIpc) is 3.07. The molecule has 0 radical (unpaired) electrons. The van der Waals surface area contributed by atoms with Crippen molar-refractivity contribution in [1.29, 1.82) is 0 Å². The third kappa shape index (κ3) is 6.16. The molecule has 1 aliphatic rings. The van der Waals surface area contributed by atoms with Crippen molar-refractivity contribution in [1.82, 2.24) is 15.5 Å². The van der Waals surface area contributed by atoms with E-state index in [2.05, 4.69) is 55.4 Å². The van der Waals surface area contributed by atoms with E-state index >= 15 is 0 Å². The van der Waals surface area contributed by atoms with Gasteiger partial charge in [-0.15, -0.1) is 24.0 Å². The van der Waals surface area contributed by atoms with Crippen LogP contribution in [0.2, 0.25) is 0 Å². The highest BCUT2D eigenvalue weighted by Crippen LogP contribution is 2.28. The van der Waals surface area contributed by atoms with Gasteiger partial charge in [0.1, 0.15) is 0 Å². The zero-order chi connectivity index (χ0) is 14.4. The molecule has 0 saturated heterocycles. The smallest absolute Gasteiger partial charge is 0.191 e. The van der Waals surface area contributed by atoms with Crippen LogP contribution in [0.4, 0.5) is 0 Å². The lowest BCUT2D eigenvalue weighted by Crippen LogP contribution is -2.48. The van der Waals surface area contributed by atoms with Crippen LogP contribution in [0.1, 0.15) is 40.0 Å². The number of halogens is 1. The highest BCUT2D eigenvalue weighted by molar-refractivity contribution is 14.0. The number of nitrogens with zero attached hydrogens (tertiary/aromatic N) is 2. The monoisotopic (exact) mass is 396 g/mol. The van der Waals surface area contributed by atoms with Gasteiger partial charge in [0.2, 0.25) is 0 Å². The first-order valence-electron chi connectivity index (χ1n) is 7.67. The first-order chi connectivity index (χ1) is 9.03. The van der Waals surface area contributed by atoms with Gasteiger partial charge in [0, 0.05) is 25.7 Å². The fraction of sp³-hybridized carbons (Fsp3) is 0.933. The van der Waals surface area contributed by atoms with E-state index in [-0.39, 0.29) is 24.0 Å². The summed E-state index contributed by atoms with van der Waals surface area (Å²) in [6.45, 7) is 7.80. The Morgan fingerprint density at radius 3 is 2.20 bits per heavy atom. The molecule has 0 aromatic rings. The molecule has 1 fully saturated rings. The molecular formula is C15H33IN4. The minimum atomic E-state index is 0. The molecule has 2 N–H and O–H groups in total. The van der Waals surface area contributed by atoms with Gasteiger partial charge < -0.3 is 15.5 Å². The van der Waals surface area contributed by atoms with Gasteiger partial charge in [-0.3, -0.25) is 4.99 Å². The van der Waals surface area contributed by atoms with Gasteiger partial charge in [0.25, 0.3) is 0 Å². The molecule has 0 spiro atoms. The van der Waals surface area contributed by atoms with Crippen molar-refractivity contribution in [2.24, 2.45) is 16.8 Å². The SMILES string of the molecule is CCC(CC)C(CNC(=NC)NC1CC1C)N(C)C.I. The van der Waals surface area contributed by atoms with Gasteiger partial charge in [0.15, 0.2) is 5.96 Å². The molecule has 20 heavy (non-hydrogen) atoms. The summed E-state index contributed by atoms with van der Waals surface area (Å²) >= 11 is 0. The van der Waals surface area contributed by atoms with Crippen LogP contribution in [0, 0.1) is 11.8 Å². The second kappa shape index (κ2) is 9.82. The lowest BCUT2D eigenvalue weighted by Gasteiger charge is -2.32. The summed E-state index contributed by atoms with van der Waals surface area (Å²) in [5.74, 6) is 2.48. The molecule has 5 heteroatoms. The molecule has 1 saturated carbocycles. The first-order valence-corrected chi connectivity index (χ1v) is 7.67. The predicted molar refractivity (Wildman–Crippen MR) is 99.0 cm³/mol. The van der Waals surface area contributed by atoms with E-state index in [0.29, 0.717) is 12.1 Å². The number of hydrogen-bond donors (Lipinski definition) is 2. The Morgan fingerprint density at radius 2 is 1.85 bits per heavy atom. The summed E-state index contributed by atoms with van der Waals surface area (Å²) in [6.07, 6.45) is 3.73. The first kappa shape index (κ1) is 20.0. The van der Waals surface area contributed by atoms with Crippen LogP contribution in [-0.4, -0.2) is 50.6 Å². The van der Waals surface area contributed by atoms with Crippen molar-refractivity contribution in [3.05, 3.63) is 0 Å². The van der Waals surface area contributed by atoms with Crippen LogP contribution in [0.5, 0.6) is 0 Å². The second-order valence-corrected chi connectivity index (χ2v) is 6.02. The third-order valence-electron chi connectivity index (χ3n) is 4.39. The van der Waals surface area contributed by atoms with E-state index < -0.39 is 0 Å². The van der Waals surface area contributed by atoms with Crippen LogP contribution in [-0.2, 0) is 0 Å². The second-order valence-electron chi connectivity index (χ2n) is 6.02. The molecule has 4 nitrogen and oxygen atoms in total. The zero-order valence-electron chi connectivity index (χ0n) is 13.9. The van der Waals surface area contributed by atoms with Gasteiger partial charge in [0.05, 0.1) is 0 Å². The molecule has 0 bridgehead atoms. The summed E-state index contributed by atoms with van der Waals surface area (Å²) in [5.41, 5.74) is 0. The van der Waals surface area contributed by atoms with Crippen molar-refractivity contribution in [2.75, 3.05) is 27.7 Å². The molecule has 0 aromatic carbocycles. The number of hydrogen-bond acceptors (Lipinski definition) is 2. The number of guanidine groups is 1. The molecule has 0 aromatic heterocycles. The predicted octanol–water partition coefficient (Wildman–Crippen LogP) is 2.54. The van der Waals surface area contributed by atoms with E-state index in [1.807, 2.05) is 7.05 Å². The molecule has 0 aliphatic heterocycles. The summed E-state index contributed by atoms with van der Waals surface area (Å²) < 4.78 is 0. The molecular weight excluding hydrogens is 363 g/mol. The van der Waals surface area contributed by atoms with E-state index in [4.69, 9.17) is 0 Å². The van der Waals surface area contributed by atoms with Crippen molar-refractivity contribution in [3.8, 4) is 0 Å². The molecule has 1 rings (SSSR count). The topological polar surface area (TPSA) is 39.7 Å². The van der Waals surface area contributed by atoms with Crippen molar-refractivity contribution in [3.63, 3.8) is 0 Å².